The molecule has 0 fully saturated rings. The number of halogens is 1. The predicted molar refractivity (Wildman–Crippen MR) is 84.7 cm³/mol. The van der Waals surface area contributed by atoms with Gasteiger partial charge in [0.2, 0.25) is 0 Å². The third kappa shape index (κ3) is 1.75. The minimum Gasteiger partial charge on any atom is -0.206 e. The SMILES string of the molecule is Fc1cc(=C2C=CC#S2)c2nsnc2c1=C1C=CC#S1. The van der Waals surface area contributed by atoms with Crippen LogP contribution in [0.4, 0.5) is 4.39 Å². The summed E-state index contributed by atoms with van der Waals surface area (Å²) >= 11 is 3.93. The van der Waals surface area contributed by atoms with E-state index in [4.69, 9.17) is 0 Å². The summed E-state index contributed by atoms with van der Waals surface area (Å²) < 4.78 is 23.2. The second-order valence-corrected chi connectivity index (χ2v) is 6.37. The van der Waals surface area contributed by atoms with Crippen molar-refractivity contribution in [3.63, 3.8) is 0 Å². The predicted octanol–water partition coefficient (Wildman–Crippen LogP) is 2.57. The number of hydrogen-bond acceptors (Lipinski definition) is 3. The summed E-state index contributed by atoms with van der Waals surface area (Å²) in [5.74, 6) is -0.274. The van der Waals surface area contributed by atoms with Gasteiger partial charge in [0, 0.05) is 15.0 Å². The van der Waals surface area contributed by atoms with Gasteiger partial charge in [-0.05, 0) is 30.4 Å². The highest BCUT2D eigenvalue weighted by Crippen LogP contribution is 2.17. The smallest absolute Gasteiger partial charge is 0.134 e. The molecule has 1 aromatic heterocycles. The normalized spacial score (nSPS) is 20.9. The fourth-order valence-corrected chi connectivity index (χ4v) is 4.02. The molecule has 2 nitrogen and oxygen atoms in total. The van der Waals surface area contributed by atoms with Crippen molar-refractivity contribution in [2.24, 2.45) is 0 Å². The Hall–Kier alpha value is -1.81. The molecule has 96 valence electrons. The van der Waals surface area contributed by atoms with Crippen molar-refractivity contribution in [3.8, 4) is 10.4 Å². The largest absolute Gasteiger partial charge is 0.206 e. The van der Waals surface area contributed by atoms with Crippen LogP contribution in [0.15, 0.2) is 30.4 Å². The van der Waals surface area contributed by atoms with E-state index in [0.29, 0.717) is 10.7 Å². The molecule has 0 unspecified atom stereocenters. The van der Waals surface area contributed by atoms with Gasteiger partial charge in [-0.15, -0.1) is 0 Å². The van der Waals surface area contributed by atoms with Crippen molar-refractivity contribution in [2.75, 3.05) is 0 Å². The van der Waals surface area contributed by atoms with Gasteiger partial charge in [-0.3, -0.25) is 0 Å². The highest BCUT2D eigenvalue weighted by molar-refractivity contribution is 7.98. The van der Waals surface area contributed by atoms with E-state index in [2.05, 4.69) is 19.1 Å². The monoisotopic (exact) mass is 316 g/mol. The summed E-state index contributed by atoms with van der Waals surface area (Å²) in [6.07, 6.45) is 7.37. The van der Waals surface area contributed by atoms with Crippen molar-refractivity contribution in [2.45, 2.75) is 0 Å². The molecule has 0 aliphatic carbocycles. The molecule has 0 saturated heterocycles. The lowest BCUT2D eigenvalue weighted by Gasteiger charge is -1.98. The Morgan fingerprint density at radius 3 is 2.35 bits per heavy atom. The molecule has 4 rings (SSSR count). The first kappa shape index (κ1) is 12.0. The van der Waals surface area contributed by atoms with Crippen LogP contribution in [0, 0.1) is 16.2 Å². The van der Waals surface area contributed by atoms with Gasteiger partial charge in [0.05, 0.1) is 16.9 Å². The second kappa shape index (κ2) is 4.63. The van der Waals surface area contributed by atoms with Crippen molar-refractivity contribution < 1.29 is 4.39 Å². The Bertz CT molecular complexity index is 1070. The molecule has 1 aromatic carbocycles. The highest BCUT2D eigenvalue weighted by atomic mass is 32.1. The topological polar surface area (TPSA) is 25.8 Å². The van der Waals surface area contributed by atoms with E-state index in [1.54, 1.807) is 12.1 Å². The molecule has 2 aliphatic rings. The summed E-state index contributed by atoms with van der Waals surface area (Å²) in [4.78, 5) is 1.77. The highest BCUT2D eigenvalue weighted by Gasteiger charge is 2.12. The van der Waals surface area contributed by atoms with Crippen LogP contribution in [0.25, 0.3) is 20.8 Å². The zero-order valence-electron chi connectivity index (χ0n) is 9.88. The summed E-state index contributed by atoms with van der Waals surface area (Å²) in [5, 5.41) is 7.30. The Balaban J connectivity index is 2.28. The van der Waals surface area contributed by atoms with E-state index in [-0.39, 0.29) is 5.82 Å². The maximum Gasteiger partial charge on any atom is 0.134 e. The minimum absolute atomic E-state index is 0.274. The zero-order chi connectivity index (χ0) is 13.5. The lowest BCUT2D eigenvalue weighted by molar-refractivity contribution is 0.620. The van der Waals surface area contributed by atoms with Gasteiger partial charge in [-0.1, -0.05) is 32.7 Å². The fourth-order valence-electron chi connectivity index (χ4n) is 2.09. The molecule has 0 spiro atoms. The third-order valence-corrected chi connectivity index (χ3v) is 5.12. The average Bonchev–Trinajstić information content (AvgIpc) is 3.20. The summed E-state index contributed by atoms with van der Waals surface area (Å²) in [6, 6.07) is 1.54. The van der Waals surface area contributed by atoms with E-state index in [0.717, 1.165) is 32.3 Å². The van der Waals surface area contributed by atoms with Crippen LogP contribution in [0.1, 0.15) is 0 Å². The van der Waals surface area contributed by atoms with Crippen LogP contribution >= 0.6 is 34.1 Å². The maximum absolute atomic E-state index is 14.5. The average molecular weight is 316 g/mol. The first-order valence-electron chi connectivity index (χ1n) is 5.72. The molecular formula is C14H5FN2S3. The number of rotatable bonds is 0. The summed E-state index contributed by atoms with van der Waals surface area (Å²) in [7, 11) is 0. The van der Waals surface area contributed by atoms with Gasteiger partial charge in [-0.25, -0.2) is 4.39 Å². The summed E-state index contributed by atoms with van der Waals surface area (Å²) in [6.45, 7) is 0. The second-order valence-electron chi connectivity index (χ2n) is 4.08. The van der Waals surface area contributed by atoms with Crippen molar-refractivity contribution in [3.05, 3.63) is 46.6 Å². The molecule has 0 saturated carbocycles. The van der Waals surface area contributed by atoms with E-state index < -0.39 is 0 Å². The Kier molecular flexibility index (Phi) is 2.77. The number of fused-ring (bicyclic) bond motifs is 1. The molecule has 0 amide bonds. The molecule has 6 heteroatoms. The number of benzene rings is 1. The minimum atomic E-state index is -0.274. The van der Waals surface area contributed by atoms with Crippen molar-refractivity contribution in [1.82, 2.24) is 8.75 Å². The lowest BCUT2D eigenvalue weighted by atomic mass is 10.1. The number of nitrogens with zero attached hydrogens (tertiary/aromatic N) is 2. The van der Waals surface area contributed by atoms with Crippen molar-refractivity contribution >= 4 is 54.9 Å². The Labute approximate surface area is 125 Å². The van der Waals surface area contributed by atoms with Crippen LogP contribution in [0.2, 0.25) is 0 Å². The van der Waals surface area contributed by atoms with E-state index in [1.807, 2.05) is 18.2 Å². The van der Waals surface area contributed by atoms with Gasteiger partial charge >= 0.3 is 0 Å². The molecule has 0 atom stereocenters. The first-order chi connectivity index (χ1) is 9.84. The van der Waals surface area contributed by atoms with Gasteiger partial charge in [-0.2, -0.15) is 8.75 Å². The van der Waals surface area contributed by atoms with Crippen LogP contribution in [-0.2, 0) is 0 Å². The summed E-state index contributed by atoms with van der Waals surface area (Å²) in [5.41, 5.74) is 1.37. The van der Waals surface area contributed by atoms with E-state index >= 15 is 0 Å². The lowest BCUT2D eigenvalue weighted by Crippen LogP contribution is -2.18. The van der Waals surface area contributed by atoms with E-state index in [9.17, 15) is 4.39 Å². The van der Waals surface area contributed by atoms with Gasteiger partial charge < -0.3 is 0 Å². The van der Waals surface area contributed by atoms with Crippen LogP contribution < -0.4 is 10.4 Å². The molecule has 0 N–H and O–H groups in total. The third-order valence-electron chi connectivity index (χ3n) is 2.95. The van der Waals surface area contributed by atoms with Crippen LogP contribution in [-0.4, -0.2) is 8.75 Å². The standard InChI is InChI=1S/C14H5FN2S3/c15-9-7-8(10-3-1-5-18-10)13-14(17-20-16-13)12(9)11-4-2-6-19-11/h1-4,7H. The maximum atomic E-state index is 14.5. The van der Waals surface area contributed by atoms with Gasteiger partial charge in [0.25, 0.3) is 0 Å². The quantitative estimate of drug-likeness (QED) is 0.746. The number of aromatic nitrogens is 2. The Morgan fingerprint density at radius 1 is 0.950 bits per heavy atom. The molecule has 20 heavy (non-hydrogen) atoms. The number of allylic oxidation sites excluding steroid dienone is 2. The first-order valence-corrected chi connectivity index (χ1v) is 8.08. The van der Waals surface area contributed by atoms with Gasteiger partial charge in [0.15, 0.2) is 0 Å². The van der Waals surface area contributed by atoms with E-state index in [1.165, 1.54) is 22.3 Å². The fraction of sp³-hybridized carbons (Fsp3) is 0. The van der Waals surface area contributed by atoms with Crippen LogP contribution in [0.3, 0.4) is 0 Å². The molecule has 2 aromatic rings. The molecule has 0 radical (unpaired) electrons. The van der Waals surface area contributed by atoms with Crippen LogP contribution in [0.5, 0.6) is 0 Å². The molecule has 2 aliphatic heterocycles. The zero-order valence-corrected chi connectivity index (χ0v) is 12.3. The van der Waals surface area contributed by atoms with Gasteiger partial charge in [0.1, 0.15) is 16.9 Å². The van der Waals surface area contributed by atoms with Crippen molar-refractivity contribution in [1.29, 1.82) is 0 Å². The molecule has 0 bridgehead atoms. The molecular weight excluding hydrogens is 311 g/mol. The number of hydrogen-bond donors (Lipinski definition) is 0. The Morgan fingerprint density at radius 2 is 1.65 bits per heavy atom. The molecule has 3 heterocycles.